The molecule has 9 aromatic carbocycles. The van der Waals surface area contributed by atoms with E-state index in [0.29, 0.717) is 17.6 Å². The molecule has 0 fully saturated rings. The van der Waals surface area contributed by atoms with E-state index in [1.807, 2.05) is 60.7 Å². The molecule has 0 amide bonds. The first-order chi connectivity index (χ1) is 31.3. The molecule has 12 aromatic rings. The lowest BCUT2D eigenvalue weighted by atomic mass is 10.0. The molecule has 0 atom stereocenters. The SMILES string of the molecule is c1ccc(-c2nc(-c3ccccc3)nc(-n3c4ccccc4c4cccc(-c5ccc(N(c6ccccc6)c6cccc7c8ccccc8n(-c8ccccc8)c67)cc5)c43)n2)cc1. The van der Waals surface area contributed by atoms with Gasteiger partial charge in [0.1, 0.15) is 0 Å². The summed E-state index contributed by atoms with van der Waals surface area (Å²) < 4.78 is 4.62. The Bertz CT molecular complexity index is 3540. The number of hydrogen-bond acceptors (Lipinski definition) is 4. The van der Waals surface area contributed by atoms with Crippen LogP contribution in [-0.2, 0) is 0 Å². The molecule has 0 bridgehead atoms. The largest absolute Gasteiger partial charge is 0.308 e. The lowest BCUT2D eigenvalue weighted by Gasteiger charge is -2.27. The number of nitrogens with zero attached hydrogens (tertiary/aromatic N) is 6. The third kappa shape index (κ3) is 6.15. The van der Waals surface area contributed by atoms with Gasteiger partial charge in [-0.05, 0) is 60.2 Å². The summed E-state index contributed by atoms with van der Waals surface area (Å²) in [6.45, 7) is 0. The van der Waals surface area contributed by atoms with Crippen molar-refractivity contribution in [1.82, 2.24) is 24.1 Å². The van der Waals surface area contributed by atoms with Gasteiger partial charge in [-0.15, -0.1) is 0 Å². The van der Waals surface area contributed by atoms with Gasteiger partial charge < -0.3 is 9.47 Å². The molecule has 0 aliphatic rings. The maximum Gasteiger partial charge on any atom is 0.238 e. The number of para-hydroxylation sites is 6. The zero-order valence-corrected chi connectivity index (χ0v) is 34.1. The first-order valence-electron chi connectivity index (χ1n) is 21.2. The molecule has 0 saturated heterocycles. The molecule has 0 unspecified atom stereocenters. The van der Waals surface area contributed by atoms with Crippen LogP contribution in [0.4, 0.5) is 17.1 Å². The van der Waals surface area contributed by atoms with E-state index in [4.69, 9.17) is 15.0 Å². The van der Waals surface area contributed by atoms with E-state index in [9.17, 15) is 0 Å². The number of rotatable bonds is 8. The normalized spacial score (nSPS) is 11.5. The molecule has 0 aliphatic carbocycles. The van der Waals surface area contributed by atoms with Crippen LogP contribution < -0.4 is 4.90 Å². The van der Waals surface area contributed by atoms with Gasteiger partial charge in [-0.1, -0.05) is 176 Å². The molecular weight excluding hydrogens is 769 g/mol. The number of anilines is 3. The molecular formula is C57H38N6. The number of aromatic nitrogens is 5. The van der Waals surface area contributed by atoms with Gasteiger partial charge in [-0.25, -0.2) is 4.98 Å². The number of fused-ring (bicyclic) bond motifs is 6. The minimum absolute atomic E-state index is 0.565. The van der Waals surface area contributed by atoms with Crippen LogP contribution in [0.25, 0.3) is 89.2 Å². The van der Waals surface area contributed by atoms with Crippen LogP contribution in [0.3, 0.4) is 0 Å². The van der Waals surface area contributed by atoms with E-state index in [2.05, 4.69) is 184 Å². The van der Waals surface area contributed by atoms with Crippen molar-refractivity contribution < 1.29 is 0 Å². The van der Waals surface area contributed by atoms with E-state index < -0.39 is 0 Å². The van der Waals surface area contributed by atoms with Crippen LogP contribution in [-0.4, -0.2) is 24.1 Å². The van der Waals surface area contributed by atoms with Gasteiger partial charge >= 0.3 is 0 Å². The fraction of sp³-hybridized carbons (Fsp3) is 0. The van der Waals surface area contributed by atoms with Gasteiger partial charge in [0, 0.05) is 55.3 Å². The molecule has 6 nitrogen and oxygen atoms in total. The Labute approximate surface area is 364 Å². The van der Waals surface area contributed by atoms with Gasteiger partial charge in [0.05, 0.1) is 27.8 Å². The molecule has 0 N–H and O–H groups in total. The van der Waals surface area contributed by atoms with Crippen LogP contribution in [0.15, 0.2) is 231 Å². The van der Waals surface area contributed by atoms with Gasteiger partial charge in [-0.3, -0.25) is 4.57 Å². The molecule has 0 aliphatic heterocycles. The van der Waals surface area contributed by atoms with Crippen molar-refractivity contribution in [3.05, 3.63) is 231 Å². The number of hydrogen-bond donors (Lipinski definition) is 0. The first kappa shape index (κ1) is 36.3. The monoisotopic (exact) mass is 806 g/mol. The average molecular weight is 807 g/mol. The fourth-order valence-electron chi connectivity index (χ4n) is 9.18. The molecule has 0 saturated carbocycles. The highest BCUT2D eigenvalue weighted by molar-refractivity contribution is 6.15. The van der Waals surface area contributed by atoms with E-state index >= 15 is 0 Å². The lowest BCUT2D eigenvalue weighted by Crippen LogP contribution is -2.11. The van der Waals surface area contributed by atoms with Gasteiger partial charge in [-0.2, -0.15) is 9.97 Å². The summed E-state index contributed by atoms with van der Waals surface area (Å²) in [6, 6.07) is 81.0. The van der Waals surface area contributed by atoms with Crippen molar-refractivity contribution in [2.45, 2.75) is 0 Å². The Balaban J connectivity index is 1.06. The summed E-state index contributed by atoms with van der Waals surface area (Å²) in [5, 5.41) is 4.68. The zero-order valence-electron chi connectivity index (χ0n) is 34.1. The third-order valence-corrected chi connectivity index (χ3v) is 12.0. The molecule has 3 heterocycles. The minimum atomic E-state index is 0.565. The van der Waals surface area contributed by atoms with Crippen molar-refractivity contribution in [2.75, 3.05) is 4.90 Å². The Kier molecular flexibility index (Phi) is 8.71. The van der Waals surface area contributed by atoms with Crippen LogP contribution in [0.5, 0.6) is 0 Å². The molecule has 3 aromatic heterocycles. The van der Waals surface area contributed by atoms with E-state index in [0.717, 1.165) is 72.3 Å². The molecule has 0 radical (unpaired) electrons. The highest BCUT2D eigenvalue weighted by Crippen LogP contribution is 2.44. The Hall–Kier alpha value is -8.61. The lowest BCUT2D eigenvalue weighted by molar-refractivity contribution is 0.954. The molecule has 6 heteroatoms. The topological polar surface area (TPSA) is 51.8 Å². The van der Waals surface area contributed by atoms with Crippen LogP contribution >= 0.6 is 0 Å². The predicted octanol–water partition coefficient (Wildman–Crippen LogP) is 14.5. The second-order valence-corrected chi connectivity index (χ2v) is 15.6. The molecule has 12 rings (SSSR count). The fourth-order valence-corrected chi connectivity index (χ4v) is 9.18. The molecule has 63 heavy (non-hydrogen) atoms. The smallest absolute Gasteiger partial charge is 0.238 e. The second-order valence-electron chi connectivity index (χ2n) is 15.6. The summed E-state index contributed by atoms with van der Waals surface area (Å²) in [5.41, 5.74) is 12.7. The van der Waals surface area contributed by atoms with Crippen LogP contribution in [0.1, 0.15) is 0 Å². The quantitative estimate of drug-likeness (QED) is 0.153. The third-order valence-electron chi connectivity index (χ3n) is 12.0. The Morgan fingerprint density at radius 3 is 1.41 bits per heavy atom. The average Bonchev–Trinajstić information content (AvgIpc) is 3.89. The van der Waals surface area contributed by atoms with Gasteiger partial charge in [0.15, 0.2) is 11.6 Å². The maximum absolute atomic E-state index is 5.21. The molecule has 296 valence electrons. The Morgan fingerprint density at radius 2 is 0.794 bits per heavy atom. The summed E-state index contributed by atoms with van der Waals surface area (Å²) in [4.78, 5) is 17.8. The molecule has 0 spiro atoms. The zero-order chi connectivity index (χ0) is 41.7. The minimum Gasteiger partial charge on any atom is -0.308 e. The predicted molar refractivity (Wildman–Crippen MR) is 259 cm³/mol. The summed E-state index contributed by atoms with van der Waals surface area (Å²) in [6.07, 6.45) is 0. The van der Waals surface area contributed by atoms with Gasteiger partial charge in [0.25, 0.3) is 0 Å². The van der Waals surface area contributed by atoms with Crippen LogP contribution in [0, 0.1) is 0 Å². The van der Waals surface area contributed by atoms with Crippen molar-refractivity contribution >= 4 is 60.7 Å². The first-order valence-corrected chi connectivity index (χ1v) is 21.2. The second kappa shape index (κ2) is 15.1. The maximum atomic E-state index is 5.21. The summed E-state index contributed by atoms with van der Waals surface area (Å²) in [7, 11) is 0. The highest BCUT2D eigenvalue weighted by atomic mass is 15.2. The van der Waals surface area contributed by atoms with E-state index in [1.54, 1.807) is 0 Å². The summed E-state index contributed by atoms with van der Waals surface area (Å²) >= 11 is 0. The van der Waals surface area contributed by atoms with Crippen molar-refractivity contribution in [3.63, 3.8) is 0 Å². The van der Waals surface area contributed by atoms with E-state index in [1.165, 1.54) is 16.3 Å². The van der Waals surface area contributed by atoms with E-state index in [-0.39, 0.29) is 0 Å². The summed E-state index contributed by atoms with van der Waals surface area (Å²) in [5.74, 6) is 1.80. The van der Waals surface area contributed by atoms with Crippen molar-refractivity contribution in [2.24, 2.45) is 0 Å². The van der Waals surface area contributed by atoms with Crippen LogP contribution in [0.2, 0.25) is 0 Å². The Morgan fingerprint density at radius 1 is 0.317 bits per heavy atom. The highest BCUT2D eigenvalue weighted by Gasteiger charge is 2.23. The number of benzene rings is 9. The van der Waals surface area contributed by atoms with Crippen molar-refractivity contribution in [1.29, 1.82) is 0 Å². The van der Waals surface area contributed by atoms with Gasteiger partial charge in [0.2, 0.25) is 5.95 Å². The van der Waals surface area contributed by atoms with Crippen molar-refractivity contribution in [3.8, 4) is 45.5 Å². The standard InChI is InChI=1S/C57H38N6/c1-5-19-40(20-6-1)55-58-56(41-21-7-2-8-22-41)60-57(59-55)63-51-33-16-14-27-46(51)48-30-17-29-45(53(48)63)39-35-37-44(38-36-39)61(42-23-9-3-10-24-42)52-34-18-31-49-47-28-13-15-32-50(47)62(54(49)52)43-25-11-4-12-26-43/h1-38H.